The zero-order valence-electron chi connectivity index (χ0n) is 24.9. The van der Waals surface area contributed by atoms with Gasteiger partial charge < -0.3 is 20.1 Å². The summed E-state index contributed by atoms with van der Waals surface area (Å²) in [4.78, 5) is 47.9. The number of ether oxygens (including phenoxy) is 2. The Hall–Kier alpha value is -5.46. The van der Waals surface area contributed by atoms with Crippen molar-refractivity contribution in [3.05, 3.63) is 94.3 Å². The monoisotopic (exact) mass is 619 g/mol. The van der Waals surface area contributed by atoms with E-state index < -0.39 is 52.8 Å². The lowest BCUT2D eigenvalue weighted by Crippen LogP contribution is -2.43. The van der Waals surface area contributed by atoms with Crippen LogP contribution in [0.25, 0.3) is 11.3 Å². The minimum absolute atomic E-state index is 0.0953. The molecule has 0 saturated carbocycles. The molecular weight excluding hydrogens is 591 g/mol. The van der Waals surface area contributed by atoms with E-state index in [1.807, 2.05) is 0 Å². The summed E-state index contributed by atoms with van der Waals surface area (Å²) in [6, 6.07) is 10.6. The minimum atomic E-state index is -1.15. The fourth-order valence-corrected chi connectivity index (χ4v) is 4.56. The second-order valence-electron chi connectivity index (χ2n) is 11.2. The van der Waals surface area contributed by atoms with Gasteiger partial charge in [0.2, 0.25) is 0 Å². The lowest BCUT2D eigenvalue weighted by atomic mass is 9.99. The predicted molar refractivity (Wildman–Crippen MR) is 159 cm³/mol. The Balaban J connectivity index is 1.64. The van der Waals surface area contributed by atoms with E-state index in [9.17, 15) is 27.6 Å². The summed E-state index contributed by atoms with van der Waals surface area (Å²) in [7, 11) is 0. The van der Waals surface area contributed by atoms with Crippen molar-refractivity contribution in [1.82, 2.24) is 15.3 Å². The van der Waals surface area contributed by atoms with Gasteiger partial charge in [-0.05, 0) is 82.1 Å². The van der Waals surface area contributed by atoms with Gasteiger partial charge in [-0.25, -0.2) is 27.7 Å². The molecule has 0 saturated heterocycles. The first-order chi connectivity index (χ1) is 21.2. The molecule has 0 unspecified atom stereocenters. The Kier molecular flexibility index (Phi) is 8.20. The minimum Gasteiger partial charge on any atom is -0.428 e. The van der Waals surface area contributed by atoms with Crippen LogP contribution in [0.4, 0.5) is 40.0 Å². The smallest absolute Gasteiger partial charge is 0.428 e. The number of benzene rings is 3. The van der Waals surface area contributed by atoms with Crippen molar-refractivity contribution < 1.29 is 37.0 Å². The maximum absolute atomic E-state index is 15.0. The van der Waals surface area contributed by atoms with Gasteiger partial charge in [-0.2, -0.15) is 9.97 Å². The molecule has 1 aliphatic heterocycles. The average molecular weight is 620 g/mol. The third-order valence-electron chi connectivity index (χ3n) is 6.71. The van der Waals surface area contributed by atoms with E-state index >= 15 is 0 Å². The second-order valence-corrected chi connectivity index (χ2v) is 11.2. The maximum atomic E-state index is 15.0. The molecule has 4 aromatic rings. The quantitative estimate of drug-likeness (QED) is 0.228. The highest BCUT2D eigenvalue weighted by molar-refractivity contribution is 6.05. The molecule has 1 aromatic heterocycles. The number of urea groups is 1. The Labute approximate surface area is 256 Å². The number of nitrogens with zero attached hydrogens (tertiary/aromatic N) is 3. The van der Waals surface area contributed by atoms with Crippen LogP contribution < -0.4 is 20.3 Å². The SMILES string of the molecule is Cc1ccc(C(=O)Nc2ccc(C)c(-c3nc(OC(=O)OC(C)(C)C)nc4c3CNC(=O)N4c3c(F)cccc3F)c2)cc1F. The molecular formula is C32H28F3N5O5. The number of carbonyl (C=O) groups excluding carboxylic acids is 3. The first kappa shape index (κ1) is 31.0. The molecule has 0 atom stereocenters. The van der Waals surface area contributed by atoms with Crippen LogP contribution in [0, 0.1) is 31.3 Å². The molecule has 10 nitrogen and oxygen atoms in total. The summed E-state index contributed by atoms with van der Waals surface area (Å²) in [5.74, 6) is -3.43. The summed E-state index contributed by atoms with van der Waals surface area (Å²) in [6.07, 6.45) is -1.15. The van der Waals surface area contributed by atoms with Crippen LogP contribution in [-0.2, 0) is 11.3 Å². The fraction of sp³-hybridized carbons (Fsp3) is 0.219. The molecule has 1 aliphatic rings. The summed E-state index contributed by atoms with van der Waals surface area (Å²) in [6.45, 7) is 8.03. The van der Waals surface area contributed by atoms with Crippen LogP contribution >= 0.6 is 0 Å². The van der Waals surface area contributed by atoms with Gasteiger partial charge in [-0.3, -0.25) is 4.79 Å². The van der Waals surface area contributed by atoms with E-state index in [2.05, 4.69) is 20.6 Å². The van der Waals surface area contributed by atoms with Gasteiger partial charge in [-0.15, -0.1) is 0 Å². The van der Waals surface area contributed by atoms with Crippen molar-refractivity contribution in [3.63, 3.8) is 0 Å². The lowest BCUT2D eigenvalue weighted by Gasteiger charge is -2.30. The van der Waals surface area contributed by atoms with E-state index in [1.54, 1.807) is 52.8 Å². The topological polar surface area (TPSA) is 123 Å². The third-order valence-corrected chi connectivity index (χ3v) is 6.71. The molecule has 0 fully saturated rings. The number of aromatic nitrogens is 2. The third kappa shape index (κ3) is 6.56. The molecule has 232 valence electrons. The summed E-state index contributed by atoms with van der Waals surface area (Å²) < 4.78 is 54.6. The van der Waals surface area contributed by atoms with Gasteiger partial charge in [-0.1, -0.05) is 18.2 Å². The van der Waals surface area contributed by atoms with Crippen LogP contribution in [0.1, 0.15) is 47.8 Å². The van der Waals surface area contributed by atoms with Gasteiger partial charge in [0.1, 0.15) is 28.7 Å². The van der Waals surface area contributed by atoms with Crippen molar-refractivity contribution in [2.75, 3.05) is 10.2 Å². The maximum Gasteiger partial charge on any atom is 0.516 e. The summed E-state index contributed by atoms with van der Waals surface area (Å²) in [5.41, 5.74) is 0.569. The van der Waals surface area contributed by atoms with E-state index in [-0.39, 0.29) is 29.2 Å². The number of rotatable bonds is 5. The number of fused-ring (bicyclic) bond motifs is 1. The molecule has 13 heteroatoms. The fourth-order valence-electron chi connectivity index (χ4n) is 4.56. The van der Waals surface area contributed by atoms with Gasteiger partial charge in [0.05, 0.1) is 12.2 Å². The second kappa shape index (κ2) is 11.9. The molecule has 2 N–H and O–H groups in total. The standard InChI is InChI=1S/C32H28F3N5O5/c1-16-10-12-19(37-28(41)18-11-9-17(2)24(35)13-18)14-20(16)25-21-15-36-30(42)40(26-22(33)7-6-8-23(26)34)27(21)39-29(38-25)44-31(43)45-32(3,4)5/h6-14H,15H2,1-5H3,(H,36,42)(H,37,41). The van der Waals surface area contributed by atoms with E-state index in [4.69, 9.17) is 9.47 Å². The lowest BCUT2D eigenvalue weighted by molar-refractivity contribution is 0.0187. The number of aryl methyl sites for hydroxylation is 2. The number of halogens is 3. The number of para-hydroxylation sites is 1. The number of carbonyl (C=O) groups is 3. The molecule has 5 rings (SSSR count). The zero-order chi connectivity index (χ0) is 32.6. The number of amides is 3. The van der Waals surface area contributed by atoms with Crippen LogP contribution in [0.5, 0.6) is 6.01 Å². The highest BCUT2D eigenvalue weighted by Gasteiger charge is 2.35. The van der Waals surface area contributed by atoms with Gasteiger partial charge >= 0.3 is 18.2 Å². The van der Waals surface area contributed by atoms with Crippen molar-refractivity contribution >= 4 is 35.3 Å². The Morgan fingerprint density at radius 2 is 1.62 bits per heavy atom. The van der Waals surface area contributed by atoms with Crippen LogP contribution in [0.2, 0.25) is 0 Å². The Bertz CT molecular complexity index is 1840. The van der Waals surface area contributed by atoms with Crippen LogP contribution in [0.15, 0.2) is 54.6 Å². The predicted octanol–water partition coefficient (Wildman–Crippen LogP) is 7.11. The average Bonchev–Trinajstić information content (AvgIpc) is 2.95. The number of hydrogen-bond acceptors (Lipinski definition) is 7. The van der Waals surface area contributed by atoms with E-state index in [0.717, 1.165) is 24.3 Å². The molecule has 0 radical (unpaired) electrons. The van der Waals surface area contributed by atoms with Crippen molar-refractivity contribution in [1.29, 1.82) is 0 Å². The zero-order valence-corrected chi connectivity index (χ0v) is 24.9. The highest BCUT2D eigenvalue weighted by atomic mass is 19.1. The number of hydrogen-bond donors (Lipinski definition) is 2. The van der Waals surface area contributed by atoms with Gasteiger partial charge in [0.25, 0.3) is 5.91 Å². The Morgan fingerprint density at radius 1 is 0.933 bits per heavy atom. The largest absolute Gasteiger partial charge is 0.516 e. The first-order valence-electron chi connectivity index (χ1n) is 13.7. The van der Waals surface area contributed by atoms with Crippen molar-refractivity contribution in [2.24, 2.45) is 0 Å². The molecule has 3 amide bonds. The molecule has 0 spiro atoms. The molecule has 45 heavy (non-hydrogen) atoms. The van der Waals surface area contributed by atoms with Crippen LogP contribution in [-0.4, -0.2) is 33.7 Å². The molecule has 3 aromatic carbocycles. The first-order valence-corrected chi connectivity index (χ1v) is 13.7. The van der Waals surface area contributed by atoms with Gasteiger partial charge in [0.15, 0.2) is 5.82 Å². The van der Waals surface area contributed by atoms with Crippen molar-refractivity contribution in [3.8, 4) is 17.3 Å². The molecule has 0 aliphatic carbocycles. The summed E-state index contributed by atoms with van der Waals surface area (Å²) >= 11 is 0. The number of nitrogens with one attached hydrogen (secondary N) is 2. The Morgan fingerprint density at radius 3 is 2.29 bits per heavy atom. The highest BCUT2D eigenvalue weighted by Crippen LogP contribution is 2.40. The van der Waals surface area contributed by atoms with Crippen molar-refractivity contribution in [2.45, 2.75) is 46.8 Å². The normalized spacial score (nSPS) is 12.7. The molecule has 0 bridgehead atoms. The van der Waals surface area contributed by atoms with E-state index in [1.165, 1.54) is 12.1 Å². The van der Waals surface area contributed by atoms with E-state index in [0.29, 0.717) is 27.3 Å². The van der Waals surface area contributed by atoms with Gasteiger partial charge in [0, 0.05) is 22.4 Å². The molecule has 2 heterocycles. The number of anilines is 3. The van der Waals surface area contributed by atoms with Crippen LogP contribution in [0.3, 0.4) is 0 Å². The summed E-state index contributed by atoms with van der Waals surface area (Å²) in [5, 5.41) is 5.29.